The van der Waals surface area contributed by atoms with Gasteiger partial charge in [0.25, 0.3) is 0 Å². The van der Waals surface area contributed by atoms with Crippen molar-refractivity contribution in [2.45, 2.75) is 65.2 Å². The highest BCUT2D eigenvalue weighted by Crippen LogP contribution is 2.28. The zero-order valence-corrected chi connectivity index (χ0v) is 14.3. The van der Waals surface area contributed by atoms with Crippen molar-refractivity contribution in [3.63, 3.8) is 0 Å². The Morgan fingerprint density at radius 2 is 1.52 bits per heavy atom. The van der Waals surface area contributed by atoms with Crippen LogP contribution in [0.15, 0.2) is 18.2 Å². The predicted molar refractivity (Wildman–Crippen MR) is 90.4 cm³/mol. The van der Waals surface area contributed by atoms with Crippen molar-refractivity contribution in [2.75, 3.05) is 14.2 Å². The molecule has 0 unspecified atom stereocenters. The Morgan fingerprint density at radius 1 is 0.857 bits per heavy atom. The number of rotatable bonds is 11. The number of unbranched alkanes of at least 4 members (excludes halogenated alkanes) is 3. The van der Waals surface area contributed by atoms with Crippen LogP contribution in [0, 0.1) is 5.92 Å². The molecule has 120 valence electrons. The molecule has 21 heavy (non-hydrogen) atoms. The Hall–Kier alpha value is -1.18. The van der Waals surface area contributed by atoms with Gasteiger partial charge in [0, 0.05) is 0 Å². The Labute approximate surface area is 130 Å². The van der Waals surface area contributed by atoms with E-state index in [1.165, 1.54) is 50.5 Å². The van der Waals surface area contributed by atoms with Gasteiger partial charge in [0.1, 0.15) is 0 Å². The molecular formula is C19H32O2. The summed E-state index contributed by atoms with van der Waals surface area (Å²) in [7, 11) is 3.37. The maximum absolute atomic E-state index is 5.35. The molecule has 0 spiro atoms. The van der Waals surface area contributed by atoms with Gasteiger partial charge in [0.2, 0.25) is 0 Å². The summed E-state index contributed by atoms with van der Waals surface area (Å²) >= 11 is 0. The number of hydrogen-bond donors (Lipinski definition) is 0. The average molecular weight is 292 g/mol. The fraction of sp³-hybridized carbons (Fsp3) is 0.684. The van der Waals surface area contributed by atoms with E-state index in [9.17, 15) is 0 Å². The van der Waals surface area contributed by atoms with Gasteiger partial charge in [-0.3, -0.25) is 0 Å². The molecule has 0 amide bonds. The lowest BCUT2D eigenvalue weighted by Crippen LogP contribution is -1.96. The number of ether oxygens (including phenoxy) is 2. The summed E-state index contributed by atoms with van der Waals surface area (Å²) in [6, 6.07) is 6.25. The third kappa shape index (κ3) is 6.41. The maximum Gasteiger partial charge on any atom is 0.160 e. The molecule has 0 heterocycles. The Bertz CT molecular complexity index is 383. The highest BCUT2D eigenvalue weighted by Gasteiger charge is 2.05. The zero-order chi connectivity index (χ0) is 15.5. The summed E-state index contributed by atoms with van der Waals surface area (Å²) in [5, 5.41) is 0. The topological polar surface area (TPSA) is 18.5 Å². The summed E-state index contributed by atoms with van der Waals surface area (Å²) < 4.78 is 10.6. The summed E-state index contributed by atoms with van der Waals surface area (Å²) in [5.41, 5.74) is 1.34. The van der Waals surface area contributed by atoms with Crippen LogP contribution in [0.25, 0.3) is 0 Å². The molecule has 0 radical (unpaired) electrons. The van der Waals surface area contributed by atoms with Crippen molar-refractivity contribution in [3.05, 3.63) is 23.8 Å². The molecule has 0 aliphatic rings. The summed E-state index contributed by atoms with van der Waals surface area (Å²) in [6.45, 7) is 4.62. The molecular weight excluding hydrogens is 260 g/mol. The minimum Gasteiger partial charge on any atom is -0.493 e. The third-order valence-corrected chi connectivity index (χ3v) is 4.43. The molecule has 1 rings (SSSR count). The van der Waals surface area contributed by atoms with E-state index in [0.717, 1.165) is 23.8 Å². The van der Waals surface area contributed by atoms with Gasteiger partial charge in [0.15, 0.2) is 11.5 Å². The van der Waals surface area contributed by atoms with E-state index in [4.69, 9.17) is 9.47 Å². The Kier molecular flexibility index (Phi) is 8.96. The fourth-order valence-corrected chi connectivity index (χ4v) is 2.85. The van der Waals surface area contributed by atoms with Crippen LogP contribution >= 0.6 is 0 Å². The molecule has 0 atom stereocenters. The molecule has 0 saturated heterocycles. The van der Waals surface area contributed by atoms with E-state index in [0.29, 0.717) is 0 Å². The van der Waals surface area contributed by atoms with Gasteiger partial charge in [-0.1, -0.05) is 58.4 Å². The van der Waals surface area contributed by atoms with E-state index in [-0.39, 0.29) is 0 Å². The largest absolute Gasteiger partial charge is 0.493 e. The van der Waals surface area contributed by atoms with Crippen LogP contribution in [0.3, 0.4) is 0 Å². The van der Waals surface area contributed by atoms with Crippen LogP contribution in [0.4, 0.5) is 0 Å². The fourth-order valence-electron chi connectivity index (χ4n) is 2.85. The molecule has 0 fully saturated rings. The lowest BCUT2D eigenvalue weighted by Gasteiger charge is -2.11. The number of methoxy groups -OCH3 is 2. The lowest BCUT2D eigenvalue weighted by atomic mass is 9.95. The molecule has 1 aromatic carbocycles. The van der Waals surface area contributed by atoms with Crippen molar-refractivity contribution < 1.29 is 9.47 Å². The summed E-state index contributed by atoms with van der Waals surface area (Å²) in [4.78, 5) is 0. The molecule has 0 aromatic heterocycles. The van der Waals surface area contributed by atoms with Crippen LogP contribution in [-0.2, 0) is 6.42 Å². The molecule has 0 aliphatic carbocycles. The van der Waals surface area contributed by atoms with Gasteiger partial charge in [-0.2, -0.15) is 0 Å². The first-order valence-electron chi connectivity index (χ1n) is 8.46. The molecule has 2 nitrogen and oxygen atoms in total. The third-order valence-electron chi connectivity index (χ3n) is 4.43. The summed E-state index contributed by atoms with van der Waals surface area (Å²) in [5.74, 6) is 2.59. The Morgan fingerprint density at radius 3 is 2.14 bits per heavy atom. The number of hydrogen-bond acceptors (Lipinski definition) is 2. The number of benzene rings is 1. The van der Waals surface area contributed by atoms with Gasteiger partial charge in [-0.15, -0.1) is 0 Å². The van der Waals surface area contributed by atoms with Crippen molar-refractivity contribution in [1.29, 1.82) is 0 Å². The molecule has 2 heteroatoms. The molecule has 0 bridgehead atoms. The van der Waals surface area contributed by atoms with E-state index < -0.39 is 0 Å². The van der Waals surface area contributed by atoms with Gasteiger partial charge in [-0.25, -0.2) is 0 Å². The van der Waals surface area contributed by atoms with E-state index >= 15 is 0 Å². The first kappa shape index (κ1) is 17.9. The lowest BCUT2D eigenvalue weighted by molar-refractivity contribution is 0.354. The second-order valence-electron chi connectivity index (χ2n) is 5.82. The first-order valence-corrected chi connectivity index (χ1v) is 8.46. The van der Waals surface area contributed by atoms with Crippen LogP contribution in [0.1, 0.15) is 64.4 Å². The maximum atomic E-state index is 5.35. The second-order valence-corrected chi connectivity index (χ2v) is 5.82. The monoisotopic (exact) mass is 292 g/mol. The van der Waals surface area contributed by atoms with Crippen molar-refractivity contribution in [2.24, 2.45) is 5.92 Å². The van der Waals surface area contributed by atoms with Crippen LogP contribution < -0.4 is 9.47 Å². The van der Waals surface area contributed by atoms with Gasteiger partial charge in [0.05, 0.1) is 14.2 Å². The van der Waals surface area contributed by atoms with E-state index in [2.05, 4.69) is 26.0 Å². The minimum absolute atomic E-state index is 0.812. The van der Waals surface area contributed by atoms with Gasteiger partial charge < -0.3 is 9.47 Å². The average Bonchev–Trinajstić information content (AvgIpc) is 2.54. The zero-order valence-electron chi connectivity index (χ0n) is 14.3. The second kappa shape index (κ2) is 10.5. The van der Waals surface area contributed by atoms with Crippen LogP contribution in [0.2, 0.25) is 0 Å². The van der Waals surface area contributed by atoms with Crippen LogP contribution in [-0.4, -0.2) is 14.2 Å². The van der Waals surface area contributed by atoms with Gasteiger partial charge in [-0.05, 0) is 36.5 Å². The molecule has 0 aliphatic heterocycles. The Balaban J connectivity index is 2.24. The molecule has 0 N–H and O–H groups in total. The predicted octanol–water partition coefficient (Wildman–Crippen LogP) is 5.63. The first-order chi connectivity index (χ1) is 10.2. The van der Waals surface area contributed by atoms with E-state index in [1.807, 2.05) is 6.07 Å². The van der Waals surface area contributed by atoms with Crippen LogP contribution in [0.5, 0.6) is 11.5 Å². The smallest absolute Gasteiger partial charge is 0.160 e. The minimum atomic E-state index is 0.812. The normalized spacial score (nSPS) is 10.9. The SMILES string of the molecule is CCC(CC)CCCCCCc1ccc(OC)c(OC)c1. The van der Waals surface area contributed by atoms with Gasteiger partial charge >= 0.3 is 0 Å². The van der Waals surface area contributed by atoms with Crippen molar-refractivity contribution >= 4 is 0 Å². The molecule has 0 saturated carbocycles. The van der Waals surface area contributed by atoms with Crippen molar-refractivity contribution in [3.8, 4) is 11.5 Å². The standard InChI is InChI=1S/C19H32O2/c1-5-16(6-2)11-9-7-8-10-12-17-13-14-18(20-3)19(15-17)21-4/h13-16H,5-12H2,1-4H3. The van der Waals surface area contributed by atoms with E-state index in [1.54, 1.807) is 14.2 Å². The number of aryl methyl sites for hydroxylation is 1. The summed E-state index contributed by atoms with van der Waals surface area (Å²) in [6.07, 6.45) is 10.5. The molecule has 1 aromatic rings. The highest BCUT2D eigenvalue weighted by molar-refractivity contribution is 5.42. The van der Waals surface area contributed by atoms with Crippen molar-refractivity contribution in [1.82, 2.24) is 0 Å². The quantitative estimate of drug-likeness (QED) is 0.492. The highest BCUT2D eigenvalue weighted by atomic mass is 16.5.